The topological polar surface area (TPSA) is 64.0 Å². The van der Waals surface area contributed by atoms with Crippen molar-refractivity contribution in [2.24, 2.45) is 0 Å². The number of hydrogen-bond acceptors (Lipinski definition) is 3. The molecular weight excluding hydrogens is 374 g/mol. The Bertz CT molecular complexity index is 1200. The zero-order chi connectivity index (χ0) is 20.9. The number of ketones is 1. The van der Waals surface area contributed by atoms with E-state index in [1.165, 1.54) is 0 Å². The van der Waals surface area contributed by atoms with Crippen molar-refractivity contribution in [2.75, 3.05) is 6.54 Å². The maximum absolute atomic E-state index is 12.8. The Morgan fingerprint density at radius 1 is 0.900 bits per heavy atom. The number of benzene rings is 3. The number of nitrogens with zero attached hydrogens (tertiary/aromatic N) is 2. The molecule has 1 aromatic heterocycles. The van der Waals surface area contributed by atoms with Crippen LogP contribution in [-0.4, -0.2) is 27.8 Å². The first-order valence-corrected chi connectivity index (χ1v) is 9.99. The summed E-state index contributed by atoms with van der Waals surface area (Å²) in [5, 5.41) is 2.97. The lowest BCUT2D eigenvalue weighted by atomic mass is 10.1. The summed E-state index contributed by atoms with van der Waals surface area (Å²) >= 11 is 0. The molecule has 0 aliphatic carbocycles. The van der Waals surface area contributed by atoms with Crippen LogP contribution < -0.4 is 5.32 Å². The number of aryl methyl sites for hydroxylation is 1. The quantitative estimate of drug-likeness (QED) is 0.476. The average molecular weight is 397 g/mol. The number of rotatable bonds is 7. The summed E-state index contributed by atoms with van der Waals surface area (Å²) in [5.41, 5.74) is 4.05. The van der Waals surface area contributed by atoms with E-state index < -0.39 is 0 Å². The third-order valence-corrected chi connectivity index (χ3v) is 5.15. The van der Waals surface area contributed by atoms with Crippen LogP contribution in [-0.2, 0) is 13.0 Å². The van der Waals surface area contributed by atoms with E-state index in [2.05, 4.69) is 5.32 Å². The number of carbonyl (C=O) groups excluding carboxylic acids is 2. The van der Waals surface area contributed by atoms with Gasteiger partial charge in [-0.1, -0.05) is 60.7 Å². The molecule has 4 rings (SSSR count). The molecule has 0 fully saturated rings. The minimum atomic E-state index is -0.101. The second-order valence-electron chi connectivity index (χ2n) is 7.21. The van der Waals surface area contributed by atoms with Crippen molar-refractivity contribution in [3.05, 3.63) is 101 Å². The van der Waals surface area contributed by atoms with Crippen molar-refractivity contribution in [1.82, 2.24) is 14.9 Å². The molecule has 30 heavy (non-hydrogen) atoms. The van der Waals surface area contributed by atoms with E-state index in [-0.39, 0.29) is 18.2 Å². The van der Waals surface area contributed by atoms with Crippen molar-refractivity contribution < 1.29 is 9.59 Å². The van der Waals surface area contributed by atoms with Gasteiger partial charge < -0.3 is 9.88 Å². The van der Waals surface area contributed by atoms with E-state index in [9.17, 15) is 9.59 Å². The molecule has 1 N–H and O–H groups in total. The molecule has 5 heteroatoms. The first kappa shape index (κ1) is 19.6. The smallest absolute Gasteiger partial charge is 0.251 e. The number of hydrogen-bond donors (Lipinski definition) is 1. The molecule has 0 atom stereocenters. The van der Waals surface area contributed by atoms with E-state index >= 15 is 0 Å². The monoisotopic (exact) mass is 397 g/mol. The van der Waals surface area contributed by atoms with Gasteiger partial charge in [0.2, 0.25) is 0 Å². The summed E-state index contributed by atoms with van der Waals surface area (Å²) in [6, 6.07) is 24.6. The Balaban J connectivity index is 1.52. The second kappa shape index (κ2) is 8.74. The van der Waals surface area contributed by atoms with Gasteiger partial charge in [-0.2, -0.15) is 0 Å². The Kier molecular flexibility index (Phi) is 5.70. The third-order valence-electron chi connectivity index (χ3n) is 5.15. The summed E-state index contributed by atoms with van der Waals surface area (Å²) in [6.07, 6.45) is 0.536. The van der Waals surface area contributed by atoms with Gasteiger partial charge in [-0.15, -0.1) is 0 Å². The molecule has 4 aromatic rings. The molecule has 0 radical (unpaired) electrons. The number of imidazole rings is 1. The fourth-order valence-corrected chi connectivity index (χ4v) is 3.56. The van der Waals surface area contributed by atoms with Crippen LogP contribution >= 0.6 is 0 Å². The first-order valence-electron chi connectivity index (χ1n) is 9.99. The highest BCUT2D eigenvalue weighted by Gasteiger charge is 2.15. The molecule has 0 saturated heterocycles. The van der Waals surface area contributed by atoms with Crippen molar-refractivity contribution >= 4 is 22.7 Å². The number of fused-ring (bicyclic) bond motifs is 1. The normalized spacial score (nSPS) is 10.8. The van der Waals surface area contributed by atoms with Gasteiger partial charge in [0.25, 0.3) is 5.91 Å². The van der Waals surface area contributed by atoms with Gasteiger partial charge >= 0.3 is 0 Å². The molecule has 1 heterocycles. The molecule has 5 nitrogen and oxygen atoms in total. The number of amides is 1. The molecule has 150 valence electrons. The van der Waals surface area contributed by atoms with Gasteiger partial charge in [-0.05, 0) is 30.7 Å². The van der Waals surface area contributed by atoms with Crippen LogP contribution in [0.4, 0.5) is 0 Å². The van der Waals surface area contributed by atoms with Crippen molar-refractivity contribution in [3.63, 3.8) is 0 Å². The fourth-order valence-electron chi connectivity index (χ4n) is 3.56. The Labute approximate surface area is 175 Å². The molecular formula is C25H23N3O2. The zero-order valence-electron chi connectivity index (χ0n) is 16.8. The van der Waals surface area contributed by atoms with Crippen LogP contribution in [0, 0.1) is 6.92 Å². The van der Waals surface area contributed by atoms with Crippen molar-refractivity contribution in [3.8, 4) is 0 Å². The fraction of sp³-hybridized carbons (Fsp3) is 0.160. The summed E-state index contributed by atoms with van der Waals surface area (Å²) in [5.74, 6) is 0.714. The summed E-state index contributed by atoms with van der Waals surface area (Å²) < 4.78 is 1.95. The molecule has 1 amide bonds. The van der Waals surface area contributed by atoms with Crippen molar-refractivity contribution in [1.29, 1.82) is 0 Å². The summed E-state index contributed by atoms with van der Waals surface area (Å²) in [7, 11) is 0. The van der Waals surface area contributed by atoms with Crippen molar-refractivity contribution in [2.45, 2.75) is 19.9 Å². The largest absolute Gasteiger partial charge is 0.352 e. The molecule has 3 aromatic carbocycles. The average Bonchev–Trinajstić information content (AvgIpc) is 3.12. The van der Waals surface area contributed by atoms with E-state index in [4.69, 9.17) is 4.98 Å². The number of nitrogens with one attached hydrogen (secondary N) is 1. The predicted octanol–water partition coefficient (Wildman–Crippen LogP) is 4.20. The number of Topliss-reactive ketones (excluding diaryl/α,β-unsaturated/α-hetero) is 1. The Hall–Kier alpha value is -3.73. The van der Waals surface area contributed by atoms with Crippen LogP contribution in [0.3, 0.4) is 0 Å². The van der Waals surface area contributed by atoms with E-state index in [0.29, 0.717) is 24.1 Å². The minimum Gasteiger partial charge on any atom is -0.352 e. The van der Waals surface area contributed by atoms with Crippen LogP contribution in [0.5, 0.6) is 0 Å². The van der Waals surface area contributed by atoms with Gasteiger partial charge in [0.1, 0.15) is 5.82 Å². The highest BCUT2D eigenvalue weighted by atomic mass is 16.1. The maximum atomic E-state index is 12.8. The lowest BCUT2D eigenvalue weighted by Crippen LogP contribution is -2.27. The highest BCUT2D eigenvalue weighted by Crippen LogP contribution is 2.17. The van der Waals surface area contributed by atoms with Crippen LogP contribution in [0.25, 0.3) is 11.0 Å². The first-order chi connectivity index (χ1) is 14.6. The van der Waals surface area contributed by atoms with Gasteiger partial charge in [0.15, 0.2) is 5.78 Å². The minimum absolute atomic E-state index is 0.0314. The lowest BCUT2D eigenvalue weighted by molar-refractivity contribution is 0.0948. The van der Waals surface area contributed by atoms with Gasteiger partial charge in [-0.25, -0.2) is 4.98 Å². The van der Waals surface area contributed by atoms with Crippen LogP contribution in [0.2, 0.25) is 0 Å². The predicted molar refractivity (Wildman–Crippen MR) is 118 cm³/mol. The molecule has 0 unspecified atom stereocenters. The molecule has 0 spiro atoms. The van der Waals surface area contributed by atoms with E-state index in [1.807, 2.05) is 90.4 Å². The summed E-state index contributed by atoms with van der Waals surface area (Å²) in [4.78, 5) is 30.0. The molecule has 0 aliphatic heterocycles. The SMILES string of the molecule is Cc1ccccc1C(=O)NCCc1nc2ccccc2n1CC(=O)c1ccccc1. The summed E-state index contributed by atoms with van der Waals surface area (Å²) in [6.45, 7) is 2.57. The molecule has 0 saturated carbocycles. The third kappa shape index (κ3) is 4.15. The molecule has 0 bridgehead atoms. The second-order valence-corrected chi connectivity index (χ2v) is 7.21. The standard InChI is InChI=1S/C25H23N3O2/c1-18-9-5-6-12-20(18)25(30)26-16-15-24-27-21-13-7-8-14-22(21)28(24)17-23(29)19-10-3-2-4-11-19/h2-14H,15-17H2,1H3,(H,26,30). The Morgan fingerprint density at radius 2 is 1.60 bits per heavy atom. The lowest BCUT2D eigenvalue weighted by Gasteiger charge is -2.10. The van der Waals surface area contributed by atoms with Gasteiger partial charge in [0.05, 0.1) is 17.6 Å². The maximum Gasteiger partial charge on any atom is 0.251 e. The van der Waals surface area contributed by atoms with E-state index in [0.717, 1.165) is 22.4 Å². The molecule has 0 aliphatic rings. The number of para-hydroxylation sites is 2. The number of carbonyl (C=O) groups is 2. The van der Waals surface area contributed by atoms with Gasteiger partial charge in [-0.3, -0.25) is 9.59 Å². The van der Waals surface area contributed by atoms with E-state index in [1.54, 1.807) is 0 Å². The van der Waals surface area contributed by atoms with Crippen LogP contribution in [0.1, 0.15) is 32.1 Å². The van der Waals surface area contributed by atoms with Gasteiger partial charge in [0, 0.05) is 24.1 Å². The Morgan fingerprint density at radius 3 is 2.40 bits per heavy atom. The zero-order valence-corrected chi connectivity index (χ0v) is 16.8. The number of aromatic nitrogens is 2. The highest BCUT2D eigenvalue weighted by molar-refractivity contribution is 5.97. The van der Waals surface area contributed by atoms with Crippen LogP contribution in [0.15, 0.2) is 78.9 Å².